The number of halogens is 1. The highest BCUT2D eigenvalue weighted by Crippen LogP contribution is 2.21. The Morgan fingerprint density at radius 2 is 1.72 bits per heavy atom. The second kappa shape index (κ2) is 11.0. The number of para-hydroxylation sites is 1. The lowest BCUT2D eigenvalue weighted by Gasteiger charge is -2.21. The molecule has 2 heterocycles. The number of nitrogens with one attached hydrogen (secondary N) is 2. The van der Waals surface area contributed by atoms with Gasteiger partial charge in [-0.2, -0.15) is 4.98 Å². The Hall–Kier alpha value is -3.12. The lowest BCUT2D eigenvalue weighted by molar-refractivity contribution is 0.0503. The molecule has 0 unspecified atom stereocenters. The summed E-state index contributed by atoms with van der Waals surface area (Å²) < 4.78 is 41.8. The normalized spacial score (nSPS) is 14.2. The van der Waals surface area contributed by atoms with Gasteiger partial charge in [-0.15, -0.1) is 0 Å². The topological polar surface area (TPSA) is 122 Å². The molecule has 0 aliphatic carbocycles. The number of hydrogen-bond acceptors (Lipinski definition) is 8. The van der Waals surface area contributed by atoms with Crippen LogP contribution in [0.3, 0.4) is 0 Å². The van der Waals surface area contributed by atoms with Crippen LogP contribution in [0.25, 0.3) is 0 Å². The smallest absolute Gasteiger partial charge is 0.238 e. The molecule has 0 bridgehead atoms. The Kier molecular flexibility index (Phi) is 8.06. The van der Waals surface area contributed by atoms with Gasteiger partial charge < -0.3 is 20.3 Å². The molecule has 4 rings (SSSR count). The number of nitrogens with two attached hydrogens (primary N) is 1. The fraction of sp³-hybridized carbons (Fsp3) is 0.238. The fourth-order valence-corrected chi connectivity index (χ4v) is 3.27. The van der Waals surface area contributed by atoms with Crippen LogP contribution >= 0.6 is 0 Å². The molecule has 1 saturated heterocycles. The number of likely N-dealkylation sites (N-methyl/N-ethyl adjacent to an activating group) is 1. The number of hydrogen-bond donors (Lipinski definition) is 3. The first-order chi connectivity index (χ1) is 15.3. The van der Waals surface area contributed by atoms with Crippen molar-refractivity contribution in [3.05, 3.63) is 66.6 Å². The molecule has 0 amide bonds. The maximum absolute atomic E-state index is 13.9. The Bertz CT molecular complexity index is 1130. The number of primary sulfonamides is 1. The number of ether oxygens (including phenoxy) is 1. The summed E-state index contributed by atoms with van der Waals surface area (Å²) in [4.78, 5) is 10.1. The van der Waals surface area contributed by atoms with Crippen molar-refractivity contribution in [2.45, 2.75) is 4.90 Å². The Labute approximate surface area is 186 Å². The van der Waals surface area contributed by atoms with Gasteiger partial charge in [0.1, 0.15) is 0 Å². The number of rotatable bonds is 5. The van der Waals surface area contributed by atoms with Crippen molar-refractivity contribution >= 4 is 33.2 Å². The summed E-state index contributed by atoms with van der Waals surface area (Å²) in [6, 6.07) is 14.8. The Balaban J connectivity index is 0.000000352. The van der Waals surface area contributed by atoms with Crippen molar-refractivity contribution in [1.29, 1.82) is 0 Å². The molecule has 1 aromatic heterocycles. The standard InChI is InChI=1S/C16H14FN5O2S.C5H11NO/c17-14-10-19-16(22-15(14)20-11-5-2-1-3-6-11)21-12-7-4-8-13(9-12)25(18,23)24;1-6-2-4-7-5-3-6/h1-10H,(H2,18,23,24)(H2,19,20,21,22);2-5H2,1H3. The first kappa shape index (κ1) is 23.5. The van der Waals surface area contributed by atoms with Gasteiger partial charge in [-0.05, 0) is 37.4 Å². The Morgan fingerprint density at radius 3 is 2.34 bits per heavy atom. The van der Waals surface area contributed by atoms with Gasteiger partial charge in [0.05, 0.1) is 24.3 Å². The summed E-state index contributed by atoms with van der Waals surface area (Å²) in [7, 11) is -1.71. The minimum Gasteiger partial charge on any atom is -0.379 e. The number of benzene rings is 2. The summed E-state index contributed by atoms with van der Waals surface area (Å²) in [6.07, 6.45) is 1.02. The van der Waals surface area contributed by atoms with Crippen LogP contribution in [0, 0.1) is 5.82 Å². The van der Waals surface area contributed by atoms with Gasteiger partial charge in [0, 0.05) is 24.5 Å². The molecule has 0 radical (unpaired) electrons. The van der Waals surface area contributed by atoms with E-state index in [1.165, 1.54) is 18.2 Å². The van der Waals surface area contributed by atoms with Crippen molar-refractivity contribution < 1.29 is 17.5 Å². The van der Waals surface area contributed by atoms with Crippen molar-refractivity contribution in [2.24, 2.45) is 5.14 Å². The van der Waals surface area contributed by atoms with E-state index in [0.29, 0.717) is 11.4 Å². The van der Waals surface area contributed by atoms with Gasteiger partial charge in [0.2, 0.25) is 16.0 Å². The summed E-state index contributed by atoms with van der Waals surface area (Å²) in [5.41, 5.74) is 1.08. The molecule has 4 N–H and O–H groups in total. The van der Waals surface area contributed by atoms with E-state index in [4.69, 9.17) is 9.88 Å². The molecule has 2 aromatic carbocycles. The van der Waals surface area contributed by atoms with Gasteiger partial charge in [-0.1, -0.05) is 24.3 Å². The van der Waals surface area contributed by atoms with E-state index in [2.05, 4.69) is 32.5 Å². The number of sulfonamides is 1. The van der Waals surface area contributed by atoms with Crippen LogP contribution in [0.1, 0.15) is 0 Å². The van der Waals surface area contributed by atoms with Crippen molar-refractivity contribution in [1.82, 2.24) is 14.9 Å². The summed E-state index contributed by atoms with van der Waals surface area (Å²) >= 11 is 0. The van der Waals surface area contributed by atoms with E-state index in [9.17, 15) is 12.8 Å². The maximum atomic E-state index is 13.9. The average Bonchev–Trinajstić information content (AvgIpc) is 2.77. The van der Waals surface area contributed by atoms with Gasteiger partial charge in [0.25, 0.3) is 0 Å². The predicted octanol–water partition coefficient (Wildman–Crippen LogP) is 2.70. The van der Waals surface area contributed by atoms with E-state index in [-0.39, 0.29) is 16.7 Å². The van der Waals surface area contributed by atoms with Crippen LogP contribution in [0.2, 0.25) is 0 Å². The molecular weight excluding hydrogens is 435 g/mol. The minimum atomic E-state index is -3.83. The second-order valence-electron chi connectivity index (χ2n) is 6.99. The molecule has 1 aliphatic heterocycles. The van der Waals surface area contributed by atoms with Crippen molar-refractivity contribution in [3.63, 3.8) is 0 Å². The van der Waals surface area contributed by atoms with Gasteiger partial charge in [0.15, 0.2) is 11.6 Å². The fourth-order valence-electron chi connectivity index (χ4n) is 2.71. The molecule has 0 atom stereocenters. The van der Waals surface area contributed by atoms with E-state index in [1.807, 2.05) is 6.07 Å². The molecule has 0 spiro atoms. The summed E-state index contributed by atoms with van der Waals surface area (Å²) in [5, 5.41) is 10.8. The number of morpholine rings is 1. The minimum absolute atomic E-state index is 0.00805. The van der Waals surface area contributed by atoms with E-state index in [0.717, 1.165) is 32.5 Å². The Morgan fingerprint density at radius 1 is 1.03 bits per heavy atom. The van der Waals surface area contributed by atoms with Crippen molar-refractivity contribution in [3.8, 4) is 0 Å². The largest absolute Gasteiger partial charge is 0.379 e. The average molecular weight is 461 g/mol. The predicted molar refractivity (Wildman–Crippen MR) is 121 cm³/mol. The molecule has 1 aliphatic rings. The molecule has 170 valence electrons. The molecule has 32 heavy (non-hydrogen) atoms. The van der Waals surface area contributed by atoms with Crippen LogP contribution in [-0.4, -0.2) is 56.6 Å². The van der Waals surface area contributed by atoms with E-state index >= 15 is 0 Å². The maximum Gasteiger partial charge on any atom is 0.238 e. The molecular formula is C21H25FN6O3S. The summed E-state index contributed by atoms with van der Waals surface area (Å²) in [6.45, 7) is 4.02. The van der Waals surface area contributed by atoms with Gasteiger partial charge in [-0.3, -0.25) is 0 Å². The molecule has 0 saturated carbocycles. The van der Waals surface area contributed by atoms with Gasteiger partial charge >= 0.3 is 0 Å². The van der Waals surface area contributed by atoms with Crippen LogP contribution in [0.4, 0.5) is 27.5 Å². The molecule has 1 fully saturated rings. The molecule has 3 aromatic rings. The number of aromatic nitrogens is 2. The first-order valence-corrected chi connectivity index (χ1v) is 11.4. The highest BCUT2D eigenvalue weighted by molar-refractivity contribution is 7.89. The zero-order valence-corrected chi connectivity index (χ0v) is 18.3. The zero-order chi connectivity index (χ0) is 23.0. The van der Waals surface area contributed by atoms with Crippen molar-refractivity contribution in [2.75, 3.05) is 44.0 Å². The quantitative estimate of drug-likeness (QED) is 0.531. The number of nitrogens with zero attached hydrogens (tertiary/aromatic N) is 3. The third-order valence-corrected chi connectivity index (χ3v) is 5.35. The highest BCUT2D eigenvalue weighted by Gasteiger charge is 2.10. The molecule has 9 nitrogen and oxygen atoms in total. The van der Waals surface area contributed by atoms with E-state index < -0.39 is 15.8 Å². The lowest BCUT2D eigenvalue weighted by atomic mass is 10.3. The highest BCUT2D eigenvalue weighted by atomic mass is 32.2. The SMILES string of the molecule is CN1CCOCC1.NS(=O)(=O)c1cccc(Nc2ncc(F)c(Nc3ccccc3)n2)c1. The van der Waals surface area contributed by atoms with E-state index in [1.54, 1.807) is 30.3 Å². The van der Waals surface area contributed by atoms with Crippen LogP contribution < -0.4 is 15.8 Å². The third-order valence-electron chi connectivity index (χ3n) is 4.43. The second-order valence-corrected chi connectivity index (χ2v) is 8.56. The number of anilines is 4. The van der Waals surface area contributed by atoms with Gasteiger partial charge in [-0.25, -0.2) is 22.9 Å². The van der Waals surface area contributed by atoms with Crippen LogP contribution in [-0.2, 0) is 14.8 Å². The van der Waals surface area contributed by atoms with Crippen LogP contribution in [0.5, 0.6) is 0 Å². The summed E-state index contributed by atoms with van der Waals surface area (Å²) in [5.74, 6) is -0.523. The first-order valence-electron chi connectivity index (χ1n) is 9.82. The van der Waals surface area contributed by atoms with Crippen LogP contribution in [0.15, 0.2) is 65.7 Å². The monoisotopic (exact) mass is 460 g/mol. The zero-order valence-electron chi connectivity index (χ0n) is 17.5. The lowest BCUT2D eigenvalue weighted by Crippen LogP contribution is -2.32. The third kappa shape index (κ3) is 7.24. The molecule has 11 heteroatoms.